The Morgan fingerprint density at radius 1 is 1.46 bits per heavy atom. The molecule has 2 atom stereocenters. The molecule has 2 nitrogen and oxygen atoms in total. The Morgan fingerprint density at radius 2 is 2.15 bits per heavy atom. The molecule has 0 bridgehead atoms. The molecule has 0 spiro atoms. The third kappa shape index (κ3) is 1.62. The van der Waals surface area contributed by atoms with Gasteiger partial charge in [-0.25, -0.2) is 0 Å². The molecule has 0 aromatic carbocycles. The summed E-state index contributed by atoms with van der Waals surface area (Å²) in [5, 5.41) is 3.67. The second-order valence-electron chi connectivity index (χ2n) is 5.00. The lowest BCUT2D eigenvalue weighted by Crippen LogP contribution is -2.62. The van der Waals surface area contributed by atoms with E-state index in [0.717, 1.165) is 12.0 Å². The van der Waals surface area contributed by atoms with Crippen LogP contribution in [-0.4, -0.2) is 36.6 Å². The van der Waals surface area contributed by atoms with E-state index in [9.17, 15) is 0 Å². The van der Waals surface area contributed by atoms with Crippen molar-refractivity contribution >= 4 is 0 Å². The lowest BCUT2D eigenvalue weighted by Gasteiger charge is -2.46. The Kier molecular flexibility index (Phi) is 2.37. The van der Waals surface area contributed by atoms with E-state index in [4.69, 9.17) is 0 Å². The van der Waals surface area contributed by atoms with Gasteiger partial charge in [0.25, 0.3) is 0 Å². The fourth-order valence-electron chi connectivity index (χ4n) is 2.52. The van der Waals surface area contributed by atoms with E-state index < -0.39 is 0 Å². The summed E-state index contributed by atoms with van der Waals surface area (Å²) in [6.07, 6.45) is 4.14. The van der Waals surface area contributed by atoms with Crippen molar-refractivity contribution in [1.29, 1.82) is 0 Å². The summed E-state index contributed by atoms with van der Waals surface area (Å²) < 4.78 is 0. The van der Waals surface area contributed by atoms with Gasteiger partial charge < -0.3 is 5.32 Å². The first-order valence-corrected chi connectivity index (χ1v) is 5.61. The predicted molar refractivity (Wildman–Crippen MR) is 55.8 cm³/mol. The van der Waals surface area contributed by atoms with Crippen molar-refractivity contribution in [3.8, 4) is 0 Å². The van der Waals surface area contributed by atoms with Crippen molar-refractivity contribution in [3.63, 3.8) is 0 Å². The smallest absolute Gasteiger partial charge is 0.0331 e. The Labute approximate surface area is 81.7 Å². The van der Waals surface area contributed by atoms with E-state index in [2.05, 4.69) is 31.1 Å². The molecule has 1 saturated heterocycles. The van der Waals surface area contributed by atoms with Crippen molar-refractivity contribution in [2.45, 2.75) is 44.7 Å². The molecule has 2 unspecified atom stereocenters. The number of likely N-dealkylation sites (N-methyl/N-ethyl adjacent to an activating group) is 1. The Balaban J connectivity index is 1.99. The van der Waals surface area contributed by atoms with Gasteiger partial charge in [0.2, 0.25) is 0 Å². The van der Waals surface area contributed by atoms with Gasteiger partial charge in [0.05, 0.1) is 0 Å². The Morgan fingerprint density at radius 3 is 2.62 bits per heavy atom. The van der Waals surface area contributed by atoms with Crippen molar-refractivity contribution in [2.75, 3.05) is 20.1 Å². The summed E-state index contributed by atoms with van der Waals surface area (Å²) in [5.74, 6) is 0.961. The van der Waals surface area contributed by atoms with Gasteiger partial charge in [-0.05, 0) is 39.2 Å². The summed E-state index contributed by atoms with van der Waals surface area (Å²) in [6.45, 7) is 7.10. The number of hydrogen-bond acceptors (Lipinski definition) is 2. The van der Waals surface area contributed by atoms with E-state index >= 15 is 0 Å². The minimum atomic E-state index is 0.450. The van der Waals surface area contributed by atoms with Crippen LogP contribution in [0.5, 0.6) is 0 Å². The number of nitrogens with one attached hydrogen (secondary N) is 1. The van der Waals surface area contributed by atoms with Crippen LogP contribution in [0.2, 0.25) is 0 Å². The average molecular weight is 182 g/mol. The molecule has 0 radical (unpaired) electrons. The fourth-order valence-corrected chi connectivity index (χ4v) is 2.52. The molecule has 0 aromatic heterocycles. The molecular weight excluding hydrogens is 160 g/mol. The van der Waals surface area contributed by atoms with Crippen LogP contribution in [0.4, 0.5) is 0 Å². The highest BCUT2D eigenvalue weighted by atomic mass is 15.3. The monoisotopic (exact) mass is 182 g/mol. The number of nitrogens with zero attached hydrogens (tertiary/aromatic N) is 1. The maximum absolute atomic E-state index is 3.67. The molecule has 2 aliphatic rings. The molecule has 1 aliphatic carbocycles. The zero-order valence-corrected chi connectivity index (χ0v) is 9.14. The zero-order chi connectivity index (χ0) is 9.47. The normalized spacial score (nSPS) is 42.2. The highest BCUT2D eigenvalue weighted by Crippen LogP contribution is 2.43. The molecule has 2 fully saturated rings. The minimum absolute atomic E-state index is 0.450. The molecule has 1 aliphatic heterocycles. The fraction of sp³-hybridized carbons (Fsp3) is 1.00. The Bertz CT molecular complexity index is 189. The molecule has 13 heavy (non-hydrogen) atoms. The van der Waals surface area contributed by atoms with Gasteiger partial charge in [-0.2, -0.15) is 0 Å². The first-order valence-electron chi connectivity index (χ1n) is 5.61. The number of hydrogen-bond donors (Lipinski definition) is 1. The molecule has 2 heteroatoms. The van der Waals surface area contributed by atoms with Gasteiger partial charge in [-0.1, -0.05) is 6.92 Å². The van der Waals surface area contributed by atoms with Gasteiger partial charge in [0.1, 0.15) is 0 Å². The number of rotatable bonds is 2. The average Bonchev–Trinajstić information content (AvgIpc) is 2.93. The highest BCUT2D eigenvalue weighted by Gasteiger charge is 2.46. The molecule has 1 N–H and O–H groups in total. The van der Waals surface area contributed by atoms with Crippen LogP contribution in [0.3, 0.4) is 0 Å². The minimum Gasteiger partial charge on any atom is -0.311 e. The predicted octanol–water partition coefficient (Wildman–Crippen LogP) is 1.47. The maximum Gasteiger partial charge on any atom is 0.0331 e. The van der Waals surface area contributed by atoms with Crippen molar-refractivity contribution in [3.05, 3.63) is 0 Å². The second kappa shape index (κ2) is 3.25. The summed E-state index contributed by atoms with van der Waals surface area (Å²) in [6, 6.07) is 0.719. The quantitative estimate of drug-likeness (QED) is 0.695. The van der Waals surface area contributed by atoms with Crippen LogP contribution >= 0.6 is 0 Å². The van der Waals surface area contributed by atoms with E-state index in [1.54, 1.807) is 0 Å². The first-order chi connectivity index (χ1) is 6.16. The molecule has 0 aromatic rings. The van der Waals surface area contributed by atoms with Crippen LogP contribution in [0.15, 0.2) is 0 Å². The molecule has 1 saturated carbocycles. The number of piperazine rings is 1. The van der Waals surface area contributed by atoms with Gasteiger partial charge >= 0.3 is 0 Å². The molecular formula is C11H22N2. The van der Waals surface area contributed by atoms with Crippen molar-refractivity contribution in [1.82, 2.24) is 10.2 Å². The molecule has 2 rings (SSSR count). The second-order valence-corrected chi connectivity index (χ2v) is 5.00. The summed E-state index contributed by atoms with van der Waals surface area (Å²) in [7, 11) is 2.29. The largest absolute Gasteiger partial charge is 0.311 e. The van der Waals surface area contributed by atoms with E-state index in [-0.39, 0.29) is 0 Å². The summed E-state index contributed by atoms with van der Waals surface area (Å²) >= 11 is 0. The third-order valence-corrected chi connectivity index (χ3v) is 4.06. The third-order valence-electron chi connectivity index (χ3n) is 4.06. The van der Waals surface area contributed by atoms with E-state index in [1.165, 1.54) is 32.4 Å². The van der Waals surface area contributed by atoms with Crippen LogP contribution in [0, 0.1) is 5.92 Å². The van der Waals surface area contributed by atoms with E-state index in [0.29, 0.717) is 5.54 Å². The van der Waals surface area contributed by atoms with Crippen LogP contribution in [-0.2, 0) is 0 Å². The van der Waals surface area contributed by atoms with Gasteiger partial charge in [0.15, 0.2) is 0 Å². The summed E-state index contributed by atoms with van der Waals surface area (Å²) in [5.41, 5.74) is 0.450. The lowest BCUT2D eigenvalue weighted by atomic mass is 9.90. The van der Waals surface area contributed by atoms with Gasteiger partial charge in [-0.15, -0.1) is 0 Å². The maximum atomic E-state index is 3.67. The first kappa shape index (κ1) is 9.47. The highest BCUT2D eigenvalue weighted by molar-refractivity contribution is 5.03. The van der Waals surface area contributed by atoms with Crippen LogP contribution < -0.4 is 5.32 Å². The SMILES string of the molecule is CCC1CN(C)C(C)(C2CC2)CN1. The molecule has 1 heterocycles. The molecule has 0 amide bonds. The lowest BCUT2D eigenvalue weighted by molar-refractivity contribution is 0.0594. The molecule has 76 valence electrons. The van der Waals surface area contributed by atoms with Crippen LogP contribution in [0.25, 0.3) is 0 Å². The van der Waals surface area contributed by atoms with Crippen molar-refractivity contribution in [2.24, 2.45) is 5.92 Å². The van der Waals surface area contributed by atoms with E-state index in [1.807, 2.05) is 0 Å². The van der Waals surface area contributed by atoms with Gasteiger partial charge in [-0.3, -0.25) is 4.90 Å². The zero-order valence-electron chi connectivity index (χ0n) is 9.14. The van der Waals surface area contributed by atoms with Crippen molar-refractivity contribution < 1.29 is 0 Å². The standard InChI is InChI=1S/C11H22N2/c1-4-10-7-13(3)11(2,8-12-10)9-5-6-9/h9-10,12H,4-8H2,1-3H3. The van der Waals surface area contributed by atoms with Crippen LogP contribution in [0.1, 0.15) is 33.1 Å². The Hall–Kier alpha value is -0.0800. The summed E-state index contributed by atoms with van der Waals surface area (Å²) in [4.78, 5) is 2.58. The van der Waals surface area contributed by atoms with Gasteiger partial charge in [0, 0.05) is 24.7 Å². The topological polar surface area (TPSA) is 15.3 Å².